The number of nitrogens with one attached hydrogen (secondary N) is 1. The summed E-state index contributed by atoms with van der Waals surface area (Å²) in [4.78, 5) is 0. The summed E-state index contributed by atoms with van der Waals surface area (Å²) in [5.41, 5.74) is 0.643. The summed E-state index contributed by atoms with van der Waals surface area (Å²) in [5, 5.41) is 3.21. The average Bonchev–Trinajstić information content (AvgIpc) is 2.35. The Bertz CT molecular complexity index is 317. The Balaban J connectivity index is 2.64. The van der Waals surface area contributed by atoms with Crippen LogP contribution in [0.25, 0.3) is 0 Å². The first-order valence-electron chi connectivity index (χ1n) is 6.36. The first kappa shape index (κ1) is 14.1. The van der Waals surface area contributed by atoms with Gasteiger partial charge >= 0.3 is 0 Å². The van der Waals surface area contributed by atoms with Gasteiger partial charge in [-0.3, -0.25) is 0 Å². The van der Waals surface area contributed by atoms with Gasteiger partial charge in [0.15, 0.2) is 0 Å². The fourth-order valence-corrected chi connectivity index (χ4v) is 1.64. The molecule has 2 nitrogen and oxygen atoms in total. The Morgan fingerprint density at radius 3 is 2.71 bits per heavy atom. The maximum Gasteiger partial charge on any atom is 0.129 e. The molecule has 0 amide bonds. The predicted octanol–water partition coefficient (Wildman–Crippen LogP) is 3.29. The van der Waals surface area contributed by atoms with E-state index in [1.165, 1.54) is 6.07 Å². The topological polar surface area (TPSA) is 21.3 Å². The van der Waals surface area contributed by atoms with Crippen LogP contribution in [0.2, 0.25) is 0 Å². The molecule has 1 aromatic rings. The molecule has 0 bridgehead atoms. The van der Waals surface area contributed by atoms with Gasteiger partial charge in [0.1, 0.15) is 5.82 Å². The Morgan fingerprint density at radius 1 is 1.29 bits per heavy atom. The van der Waals surface area contributed by atoms with Gasteiger partial charge in [0.05, 0.1) is 6.10 Å². The largest absolute Gasteiger partial charge is 0.372 e. The number of rotatable bonds is 8. The third-order valence-electron chi connectivity index (χ3n) is 2.65. The fraction of sp³-hybridized carbons (Fsp3) is 0.571. The van der Waals surface area contributed by atoms with Gasteiger partial charge in [0.2, 0.25) is 0 Å². The van der Waals surface area contributed by atoms with Crippen molar-refractivity contribution in [2.75, 3.05) is 19.7 Å². The zero-order valence-electron chi connectivity index (χ0n) is 10.7. The van der Waals surface area contributed by atoms with E-state index in [1.807, 2.05) is 13.0 Å². The number of ether oxygens (including phenoxy) is 1. The van der Waals surface area contributed by atoms with Gasteiger partial charge in [0, 0.05) is 18.7 Å². The average molecular weight is 239 g/mol. The molecule has 1 unspecified atom stereocenters. The lowest BCUT2D eigenvalue weighted by atomic mass is 10.1. The van der Waals surface area contributed by atoms with Gasteiger partial charge in [-0.05, 0) is 19.0 Å². The summed E-state index contributed by atoms with van der Waals surface area (Å²) in [5.74, 6) is -0.188. The highest BCUT2D eigenvalue weighted by Gasteiger charge is 2.15. The van der Waals surface area contributed by atoms with Crippen LogP contribution in [0.3, 0.4) is 0 Å². The van der Waals surface area contributed by atoms with E-state index in [0.29, 0.717) is 18.7 Å². The Morgan fingerprint density at radius 2 is 2.06 bits per heavy atom. The smallest absolute Gasteiger partial charge is 0.129 e. The van der Waals surface area contributed by atoms with Crippen LogP contribution in [0.5, 0.6) is 0 Å². The Hall–Kier alpha value is -0.930. The highest BCUT2D eigenvalue weighted by molar-refractivity contribution is 5.20. The standard InChI is InChI=1S/C14H22FNO/c1-3-5-10-17-14(11-16-4-2)12-8-6-7-9-13(12)15/h6-9,14,16H,3-5,10-11H2,1-2H3. The highest BCUT2D eigenvalue weighted by atomic mass is 19.1. The molecule has 0 fully saturated rings. The number of hydrogen-bond donors (Lipinski definition) is 1. The number of hydrogen-bond acceptors (Lipinski definition) is 2. The normalized spacial score (nSPS) is 12.6. The molecule has 0 spiro atoms. The van der Waals surface area contributed by atoms with Crippen molar-refractivity contribution in [1.29, 1.82) is 0 Å². The molecule has 0 saturated heterocycles. The van der Waals surface area contributed by atoms with Crippen LogP contribution < -0.4 is 5.32 Å². The molecule has 0 heterocycles. The second-order valence-electron chi connectivity index (χ2n) is 4.04. The van der Waals surface area contributed by atoms with Gasteiger partial charge in [-0.15, -0.1) is 0 Å². The molecule has 3 heteroatoms. The van der Waals surface area contributed by atoms with Crippen molar-refractivity contribution in [1.82, 2.24) is 5.32 Å². The van der Waals surface area contributed by atoms with Crippen LogP contribution in [-0.4, -0.2) is 19.7 Å². The molecule has 0 aromatic heterocycles. The van der Waals surface area contributed by atoms with Gasteiger partial charge in [-0.1, -0.05) is 38.5 Å². The molecule has 17 heavy (non-hydrogen) atoms. The molecule has 1 aromatic carbocycles. The van der Waals surface area contributed by atoms with Crippen molar-refractivity contribution in [3.63, 3.8) is 0 Å². The summed E-state index contributed by atoms with van der Waals surface area (Å²) < 4.78 is 19.4. The third-order valence-corrected chi connectivity index (χ3v) is 2.65. The van der Waals surface area contributed by atoms with Crippen LogP contribution in [0.1, 0.15) is 38.4 Å². The van der Waals surface area contributed by atoms with Crippen LogP contribution >= 0.6 is 0 Å². The fourth-order valence-electron chi connectivity index (χ4n) is 1.64. The maximum atomic E-state index is 13.7. The lowest BCUT2D eigenvalue weighted by molar-refractivity contribution is 0.0486. The zero-order valence-corrected chi connectivity index (χ0v) is 10.7. The van der Waals surface area contributed by atoms with Crippen molar-refractivity contribution in [3.8, 4) is 0 Å². The van der Waals surface area contributed by atoms with Crippen LogP contribution in [0, 0.1) is 5.82 Å². The Kier molecular flexibility index (Phi) is 6.82. The SMILES string of the molecule is CCCCOC(CNCC)c1ccccc1F. The minimum atomic E-state index is -0.192. The predicted molar refractivity (Wildman–Crippen MR) is 68.5 cm³/mol. The number of likely N-dealkylation sites (N-methyl/N-ethyl adjacent to an activating group) is 1. The molecule has 1 N–H and O–H groups in total. The second kappa shape index (κ2) is 8.20. The van der Waals surface area contributed by atoms with Gasteiger partial charge in [-0.25, -0.2) is 4.39 Å². The minimum absolute atomic E-state index is 0.188. The molecular weight excluding hydrogens is 217 g/mol. The molecule has 0 aliphatic heterocycles. The Labute approximate surface area is 103 Å². The summed E-state index contributed by atoms with van der Waals surface area (Å²) in [6.45, 7) is 6.35. The molecule has 0 saturated carbocycles. The van der Waals surface area contributed by atoms with Crippen molar-refractivity contribution in [2.45, 2.75) is 32.8 Å². The van der Waals surface area contributed by atoms with Crippen LogP contribution in [0.15, 0.2) is 24.3 Å². The van der Waals surface area contributed by atoms with Gasteiger partial charge in [0.25, 0.3) is 0 Å². The monoisotopic (exact) mass is 239 g/mol. The van der Waals surface area contributed by atoms with Crippen molar-refractivity contribution >= 4 is 0 Å². The molecule has 1 rings (SSSR count). The van der Waals surface area contributed by atoms with E-state index >= 15 is 0 Å². The second-order valence-corrected chi connectivity index (χ2v) is 4.04. The van der Waals surface area contributed by atoms with E-state index in [1.54, 1.807) is 12.1 Å². The summed E-state index contributed by atoms with van der Waals surface area (Å²) in [6.07, 6.45) is 1.91. The summed E-state index contributed by atoms with van der Waals surface area (Å²) >= 11 is 0. The van der Waals surface area contributed by atoms with E-state index < -0.39 is 0 Å². The van der Waals surface area contributed by atoms with E-state index in [4.69, 9.17) is 4.74 Å². The van der Waals surface area contributed by atoms with Gasteiger partial charge < -0.3 is 10.1 Å². The molecule has 0 aliphatic rings. The number of halogens is 1. The van der Waals surface area contributed by atoms with E-state index in [2.05, 4.69) is 12.2 Å². The third kappa shape index (κ3) is 4.84. The molecule has 0 aliphatic carbocycles. The molecule has 1 atom stereocenters. The zero-order chi connectivity index (χ0) is 12.5. The lowest BCUT2D eigenvalue weighted by Crippen LogP contribution is -2.24. The molecular formula is C14H22FNO. The maximum absolute atomic E-state index is 13.7. The highest BCUT2D eigenvalue weighted by Crippen LogP contribution is 2.20. The quantitative estimate of drug-likeness (QED) is 0.703. The number of benzene rings is 1. The number of unbranched alkanes of at least 4 members (excludes halogenated alkanes) is 1. The summed E-state index contributed by atoms with van der Waals surface area (Å²) in [6, 6.07) is 6.83. The first-order chi connectivity index (χ1) is 8.29. The molecule has 96 valence electrons. The first-order valence-corrected chi connectivity index (χ1v) is 6.36. The van der Waals surface area contributed by atoms with E-state index in [9.17, 15) is 4.39 Å². The van der Waals surface area contributed by atoms with Crippen molar-refractivity contribution < 1.29 is 9.13 Å². The van der Waals surface area contributed by atoms with Crippen molar-refractivity contribution in [3.05, 3.63) is 35.6 Å². The van der Waals surface area contributed by atoms with Crippen LogP contribution in [0.4, 0.5) is 4.39 Å². The lowest BCUT2D eigenvalue weighted by Gasteiger charge is -2.19. The summed E-state index contributed by atoms with van der Waals surface area (Å²) in [7, 11) is 0. The van der Waals surface area contributed by atoms with Crippen molar-refractivity contribution in [2.24, 2.45) is 0 Å². The van der Waals surface area contributed by atoms with Crippen LogP contribution in [-0.2, 0) is 4.74 Å². The minimum Gasteiger partial charge on any atom is -0.372 e. The molecule has 0 radical (unpaired) electrons. The van der Waals surface area contributed by atoms with E-state index in [-0.39, 0.29) is 11.9 Å². The van der Waals surface area contributed by atoms with E-state index in [0.717, 1.165) is 19.4 Å². The van der Waals surface area contributed by atoms with Gasteiger partial charge in [-0.2, -0.15) is 0 Å².